The van der Waals surface area contributed by atoms with Crippen LogP contribution >= 0.6 is 15.9 Å². The number of carbonyl (C=O) groups excluding carboxylic acids is 1. The maximum atomic E-state index is 12.3. The van der Waals surface area contributed by atoms with Crippen molar-refractivity contribution in [2.45, 2.75) is 17.3 Å². The zero-order valence-corrected chi connectivity index (χ0v) is 7.62. The van der Waals surface area contributed by atoms with Crippen molar-refractivity contribution in [3.63, 3.8) is 0 Å². The molecule has 1 aliphatic carbocycles. The Morgan fingerprint density at radius 2 is 2.33 bits per heavy atom. The van der Waals surface area contributed by atoms with E-state index in [4.69, 9.17) is 0 Å². The van der Waals surface area contributed by atoms with E-state index in [2.05, 4.69) is 21.2 Å². The van der Waals surface area contributed by atoms with Gasteiger partial charge >= 0.3 is 0 Å². The average molecular weight is 238 g/mol. The lowest BCUT2D eigenvalue weighted by atomic mass is 10.1. The highest BCUT2D eigenvalue weighted by atomic mass is 79.9. The van der Waals surface area contributed by atoms with Crippen LogP contribution in [-0.2, 0) is 4.79 Å². The van der Waals surface area contributed by atoms with E-state index in [0.29, 0.717) is 6.42 Å². The predicted molar refractivity (Wildman–Crippen MR) is 41.8 cm³/mol. The lowest BCUT2D eigenvalue weighted by molar-refractivity contribution is -0.123. The summed E-state index contributed by atoms with van der Waals surface area (Å²) in [5.41, 5.74) is 0.0344. The van der Waals surface area contributed by atoms with E-state index in [9.17, 15) is 13.6 Å². The minimum Gasteiger partial charge on any atom is -0.337 e. The molecule has 1 amide bonds. The molecule has 2 bridgehead atoms. The maximum Gasteiger partial charge on any atom is 0.272 e. The molecule has 12 heavy (non-hydrogen) atoms. The van der Waals surface area contributed by atoms with Crippen LogP contribution in [0.5, 0.6) is 0 Å². The molecule has 2 aliphatic rings. The number of fused-ring (bicyclic) bond motifs is 2. The molecule has 0 aromatic carbocycles. The third-order valence-electron chi connectivity index (χ3n) is 2.38. The molecule has 5 heteroatoms. The summed E-state index contributed by atoms with van der Waals surface area (Å²) >= 11 is 3.12. The van der Waals surface area contributed by atoms with Crippen molar-refractivity contribution < 1.29 is 13.6 Å². The van der Waals surface area contributed by atoms with Crippen molar-refractivity contribution >= 4 is 21.8 Å². The summed E-state index contributed by atoms with van der Waals surface area (Å²) in [6, 6.07) is 0. The standard InChI is InChI=1S/C7H6BrF2NO/c8-7-2-3(6(12)11-7)1-4(7)5(9)10/h3H,1-2H2,(H,11,12). The van der Waals surface area contributed by atoms with E-state index in [1.165, 1.54) is 0 Å². The lowest BCUT2D eigenvalue weighted by Crippen LogP contribution is -2.40. The van der Waals surface area contributed by atoms with Crippen LogP contribution < -0.4 is 5.32 Å². The molecule has 2 fully saturated rings. The van der Waals surface area contributed by atoms with Gasteiger partial charge in [-0.2, -0.15) is 8.78 Å². The summed E-state index contributed by atoms with van der Waals surface area (Å²) in [5, 5.41) is 2.50. The van der Waals surface area contributed by atoms with Crippen LogP contribution in [0.4, 0.5) is 8.78 Å². The minimum atomic E-state index is -1.67. The third kappa shape index (κ3) is 0.920. The van der Waals surface area contributed by atoms with Gasteiger partial charge in [0.2, 0.25) is 5.91 Å². The van der Waals surface area contributed by atoms with Crippen molar-refractivity contribution in [2.75, 3.05) is 0 Å². The van der Waals surface area contributed by atoms with Gasteiger partial charge in [0.1, 0.15) is 4.45 Å². The number of halogens is 3. The normalized spacial score (nSPS) is 38.8. The van der Waals surface area contributed by atoms with Crippen LogP contribution in [0, 0.1) is 5.92 Å². The Morgan fingerprint density at radius 3 is 2.67 bits per heavy atom. The highest BCUT2D eigenvalue weighted by Crippen LogP contribution is 2.50. The van der Waals surface area contributed by atoms with Gasteiger partial charge in [0.05, 0.1) is 0 Å². The largest absolute Gasteiger partial charge is 0.337 e. The number of piperidine rings is 1. The second kappa shape index (κ2) is 2.28. The van der Waals surface area contributed by atoms with Crippen LogP contribution in [0.1, 0.15) is 12.8 Å². The molecule has 1 aliphatic heterocycles. The van der Waals surface area contributed by atoms with Gasteiger partial charge in [-0.05, 0) is 12.8 Å². The Labute approximate surface area is 76.1 Å². The first-order valence-corrected chi connectivity index (χ1v) is 4.38. The van der Waals surface area contributed by atoms with Crippen molar-refractivity contribution in [2.24, 2.45) is 5.92 Å². The Kier molecular flexibility index (Phi) is 1.55. The second-order valence-corrected chi connectivity index (χ2v) is 4.49. The van der Waals surface area contributed by atoms with Crippen LogP contribution in [-0.4, -0.2) is 10.4 Å². The third-order valence-corrected chi connectivity index (χ3v) is 3.38. The molecule has 1 heterocycles. The predicted octanol–water partition coefficient (Wildman–Crippen LogP) is 1.77. The first-order chi connectivity index (χ1) is 5.53. The minimum absolute atomic E-state index is 0.0344. The zero-order chi connectivity index (χ0) is 8.93. The molecule has 66 valence electrons. The zero-order valence-electron chi connectivity index (χ0n) is 6.03. The van der Waals surface area contributed by atoms with Gasteiger partial charge < -0.3 is 5.32 Å². The van der Waals surface area contributed by atoms with Crippen LogP contribution in [0.2, 0.25) is 0 Å². The first-order valence-electron chi connectivity index (χ1n) is 3.58. The van der Waals surface area contributed by atoms with E-state index in [0.717, 1.165) is 0 Å². The van der Waals surface area contributed by atoms with E-state index in [-0.39, 0.29) is 23.8 Å². The Balaban J connectivity index is 2.40. The average Bonchev–Trinajstić information content (AvgIpc) is 2.38. The highest BCUT2D eigenvalue weighted by Gasteiger charge is 2.53. The van der Waals surface area contributed by atoms with Crippen molar-refractivity contribution in [3.05, 3.63) is 11.7 Å². The Hall–Kier alpha value is -0.450. The van der Waals surface area contributed by atoms with E-state index in [1.807, 2.05) is 0 Å². The number of rotatable bonds is 0. The summed E-state index contributed by atoms with van der Waals surface area (Å²) in [6.07, 6.45) is -1.04. The van der Waals surface area contributed by atoms with Gasteiger partial charge in [0, 0.05) is 11.5 Å². The summed E-state index contributed by atoms with van der Waals surface area (Å²) in [4.78, 5) is 11.0. The molecule has 2 nitrogen and oxygen atoms in total. The van der Waals surface area contributed by atoms with Gasteiger partial charge in [-0.25, -0.2) is 0 Å². The first kappa shape index (κ1) is 8.16. The second-order valence-electron chi connectivity index (χ2n) is 3.13. The SMILES string of the molecule is O=C1NC2(Br)CC1CC2=C(F)F. The molecule has 2 unspecified atom stereocenters. The van der Waals surface area contributed by atoms with E-state index in [1.54, 1.807) is 0 Å². The maximum absolute atomic E-state index is 12.3. The molecule has 1 N–H and O–H groups in total. The van der Waals surface area contributed by atoms with Gasteiger partial charge in [-0.1, -0.05) is 15.9 Å². The summed E-state index contributed by atoms with van der Waals surface area (Å²) in [7, 11) is 0. The number of alkyl halides is 1. The van der Waals surface area contributed by atoms with Crippen molar-refractivity contribution in [1.82, 2.24) is 5.32 Å². The summed E-state index contributed by atoms with van der Waals surface area (Å²) < 4.78 is 23.6. The van der Waals surface area contributed by atoms with Crippen LogP contribution in [0.25, 0.3) is 0 Å². The molecular weight excluding hydrogens is 232 g/mol. The number of carbonyl (C=O) groups is 1. The van der Waals surface area contributed by atoms with Gasteiger partial charge in [0.25, 0.3) is 6.08 Å². The van der Waals surface area contributed by atoms with Crippen molar-refractivity contribution in [3.8, 4) is 0 Å². The monoisotopic (exact) mass is 237 g/mol. The number of nitrogens with one attached hydrogen (secondary N) is 1. The molecule has 0 radical (unpaired) electrons. The van der Waals surface area contributed by atoms with Gasteiger partial charge in [-0.15, -0.1) is 0 Å². The Bertz CT molecular complexity index is 287. The number of hydrogen-bond acceptors (Lipinski definition) is 1. The quantitative estimate of drug-likeness (QED) is 0.505. The molecular formula is C7H6BrF2NO. The molecule has 0 spiro atoms. The van der Waals surface area contributed by atoms with Gasteiger partial charge in [0.15, 0.2) is 0 Å². The fraction of sp³-hybridized carbons (Fsp3) is 0.571. The highest BCUT2D eigenvalue weighted by molar-refractivity contribution is 9.10. The summed E-state index contributed by atoms with van der Waals surface area (Å²) in [5.74, 6) is -0.391. The van der Waals surface area contributed by atoms with Crippen molar-refractivity contribution in [1.29, 1.82) is 0 Å². The number of amides is 1. The molecule has 0 aromatic heterocycles. The molecule has 1 saturated heterocycles. The van der Waals surface area contributed by atoms with Gasteiger partial charge in [-0.3, -0.25) is 4.79 Å². The molecule has 1 saturated carbocycles. The van der Waals surface area contributed by atoms with E-state index < -0.39 is 10.5 Å². The van der Waals surface area contributed by atoms with E-state index >= 15 is 0 Å². The summed E-state index contributed by atoms with van der Waals surface area (Å²) in [6.45, 7) is 0. The lowest BCUT2D eigenvalue weighted by Gasteiger charge is -2.22. The molecule has 0 aromatic rings. The Morgan fingerprint density at radius 1 is 1.67 bits per heavy atom. The fourth-order valence-electron chi connectivity index (χ4n) is 1.78. The van der Waals surface area contributed by atoms with Crippen LogP contribution in [0.15, 0.2) is 11.7 Å². The fourth-order valence-corrected chi connectivity index (χ4v) is 2.68. The molecule has 2 rings (SSSR count). The van der Waals surface area contributed by atoms with Crippen LogP contribution in [0.3, 0.4) is 0 Å². The number of hydrogen-bond donors (Lipinski definition) is 1. The topological polar surface area (TPSA) is 29.1 Å². The smallest absolute Gasteiger partial charge is 0.272 e. The molecule has 2 atom stereocenters.